The molecule has 0 spiro atoms. The lowest BCUT2D eigenvalue weighted by molar-refractivity contribution is -0.121. The minimum absolute atomic E-state index is 0.149. The molecule has 0 saturated heterocycles. The second kappa shape index (κ2) is 7.24. The van der Waals surface area contributed by atoms with Gasteiger partial charge in [0.25, 0.3) is 5.91 Å². The van der Waals surface area contributed by atoms with Crippen molar-refractivity contribution >= 4 is 40.8 Å². The average molecular weight is 364 g/mol. The van der Waals surface area contributed by atoms with E-state index >= 15 is 0 Å². The molecule has 0 radical (unpaired) electrons. The lowest BCUT2D eigenvalue weighted by Gasteiger charge is -2.29. The summed E-state index contributed by atoms with van der Waals surface area (Å²) in [5, 5.41) is 0.614. The molecule has 0 fully saturated rings. The number of carbonyl (C=O) groups is 2. The van der Waals surface area contributed by atoms with Crippen molar-refractivity contribution in [1.29, 1.82) is 0 Å². The van der Waals surface area contributed by atoms with Crippen LogP contribution in [0.15, 0.2) is 42.5 Å². The molecule has 1 aliphatic rings. The lowest BCUT2D eigenvalue weighted by atomic mass is 10.0. The standard InChI is InChI=1S/C18H15Cl2NO3/c19-13-7-8-15(20)14(10-13)18(23)24-11-17(22)21-9-3-5-12-4-1-2-6-16(12)21/h1-2,4,6-8,10H,3,5,9,11H2. The monoisotopic (exact) mass is 363 g/mol. The maximum absolute atomic E-state index is 12.4. The minimum atomic E-state index is -0.666. The number of rotatable bonds is 3. The van der Waals surface area contributed by atoms with Crippen LogP contribution in [-0.4, -0.2) is 25.0 Å². The van der Waals surface area contributed by atoms with Crippen LogP contribution < -0.4 is 4.90 Å². The number of benzene rings is 2. The van der Waals surface area contributed by atoms with Crippen molar-refractivity contribution in [3.05, 3.63) is 63.6 Å². The average Bonchev–Trinajstić information content (AvgIpc) is 2.61. The molecule has 0 saturated carbocycles. The molecule has 1 aliphatic heterocycles. The number of amides is 1. The van der Waals surface area contributed by atoms with Crippen molar-refractivity contribution in [3.8, 4) is 0 Å². The van der Waals surface area contributed by atoms with Crippen LogP contribution in [0.4, 0.5) is 5.69 Å². The number of anilines is 1. The van der Waals surface area contributed by atoms with Crippen LogP contribution in [0.5, 0.6) is 0 Å². The number of nitrogens with zero attached hydrogens (tertiary/aromatic N) is 1. The number of para-hydroxylation sites is 1. The van der Waals surface area contributed by atoms with E-state index < -0.39 is 5.97 Å². The van der Waals surface area contributed by atoms with Crippen LogP contribution in [0, 0.1) is 0 Å². The molecule has 4 nitrogen and oxygen atoms in total. The summed E-state index contributed by atoms with van der Waals surface area (Å²) >= 11 is 11.8. The first-order valence-electron chi connectivity index (χ1n) is 7.56. The molecule has 124 valence electrons. The largest absolute Gasteiger partial charge is 0.452 e. The van der Waals surface area contributed by atoms with Gasteiger partial charge in [0.15, 0.2) is 6.61 Å². The summed E-state index contributed by atoms with van der Waals surface area (Å²) in [6.07, 6.45) is 1.83. The molecule has 2 aromatic carbocycles. The van der Waals surface area contributed by atoms with Crippen molar-refractivity contribution in [1.82, 2.24) is 0 Å². The van der Waals surface area contributed by atoms with E-state index in [9.17, 15) is 9.59 Å². The molecule has 0 atom stereocenters. The van der Waals surface area contributed by atoms with Gasteiger partial charge in [-0.1, -0.05) is 41.4 Å². The van der Waals surface area contributed by atoms with Crippen molar-refractivity contribution < 1.29 is 14.3 Å². The topological polar surface area (TPSA) is 46.6 Å². The number of halogens is 2. The van der Waals surface area contributed by atoms with Gasteiger partial charge in [0.1, 0.15) is 0 Å². The lowest BCUT2D eigenvalue weighted by Crippen LogP contribution is -2.38. The highest BCUT2D eigenvalue weighted by atomic mass is 35.5. The van der Waals surface area contributed by atoms with Crippen LogP contribution in [0.2, 0.25) is 10.0 Å². The minimum Gasteiger partial charge on any atom is -0.452 e. The number of carbonyl (C=O) groups excluding carboxylic acids is 2. The SMILES string of the molecule is O=C(OCC(=O)N1CCCc2ccccc21)c1cc(Cl)ccc1Cl. The Hall–Kier alpha value is -2.04. The maximum atomic E-state index is 12.4. The van der Waals surface area contributed by atoms with Gasteiger partial charge in [-0.2, -0.15) is 0 Å². The third kappa shape index (κ3) is 3.55. The zero-order valence-corrected chi connectivity index (χ0v) is 14.3. The molecule has 0 N–H and O–H groups in total. The third-order valence-electron chi connectivity index (χ3n) is 3.89. The van der Waals surface area contributed by atoms with Crippen LogP contribution >= 0.6 is 23.2 Å². The van der Waals surface area contributed by atoms with E-state index in [0.29, 0.717) is 11.6 Å². The van der Waals surface area contributed by atoms with Crippen molar-refractivity contribution in [2.75, 3.05) is 18.1 Å². The molecule has 0 aromatic heterocycles. The molecule has 0 aliphatic carbocycles. The second-order valence-electron chi connectivity index (χ2n) is 5.48. The zero-order chi connectivity index (χ0) is 17.1. The van der Waals surface area contributed by atoms with E-state index in [2.05, 4.69) is 0 Å². The molecule has 0 bridgehead atoms. The van der Waals surface area contributed by atoms with Gasteiger partial charge in [-0.05, 0) is 42.7 Å². The summed E-state index contributed by atoms with van der Waals surface area (Å²) < 4.78 is 5.12. The molecule has 0 unspecified atom stereocenters. The van der Waals surface area contributed by atoms with Gasteiger partial charge >= 0.3 is 5.97 Å². The molecule has 1 amide bonds. The van der Waals surface area contributed by atoms with Gasteiger partial charge in [-0.3, -0.25) is 4.79 Å². The highest BCUT2D eigenvalue weighted by Crippen LogP contribution is 2.27. The van der Waals surface area contributed by atoms with E-state index in [0.717, 1.165) is 24.1 Å². The van der Waals surface area contributed by atoms with Gasteiger partial charge in [-0.15, -0.1) is 0 Å². The molecule has 1 heterocycles. The summed E-state index contributed by atoms with van der Waals surface area (Å²) in [6, 6.07) is 12.3. The molecular weight excluding hydrogens is 349 g/mol. The van der Waals surface area contributed by atoms with E-state index in [4.69, 9.17) is 27.9 Å². The first-order chi connectivity index (χ1) is 11.6. The Morgan fingerprint density at radius 2 is 1.92 bits per heavy atom. The Labute approximate surface area is 149 Å². The quantitative estimate of drug-likeness (QED) is 0.770. The Morgan fingerprint density at radius 3 is 2.75 bits per heavy atom. The van der Waals surface area contributed by atoms with E-state index in [1.165, 1.54) is 12.1 Å². The van der Waals surface area contributed by atoms with Crippen LogP contribution in [-0.2, 0) is 16.0 Å². The fourth-order valence-corrected chi connectivity index (χ4v) is 3.10. The number of esters is 1. The Balaban J connectivity index is 1.68. The fraction of sp³-hybridized carbons (Fsp3) is 0.222. The predicted octanol–water partition coefficient (Wildman–Crippen LogP) is 4.13. The first-order valence-corrected chi connectivity index (χ1v) is 8.32. The number of hydrogen-bond donors (Lipinski definition) is 0. The van der Waals surface area contributed by atoms with Crippen LogP contribution in [0.1, 0.15) is 22.3 Å². The molecule has 2 aromatic rings. The van der Waals surface area contributed by atoms with E-state index in [1.54, 1.807) is 11.0 Å². The highest BCUT2D eigenvalue weighted by Gasteiger charge is 2.23. The molecular formula is C18H15Cl2NO3. The van der Waals surface area contributed by atoms with E-state index in [-0.39, 0.29) is 23.1 Å². The normalized spacial score (nSPS) is 13.3. The van der Waals surface area contributed by atoms with E-state index in [1.807, 2.05) is 24.3 Å². The van der Waals surface area contributed by atoms with Gasteiger partial charge in [0.2, 0.25) is 0 Å². The molecule has 6 heteroatoms. The van der Waals surface area contributed by atoms with Crippen LogP contribution in [0.25, 0.3) is 0 Å². The summed E-state index contributed by atoms with van der Waals surface area (Å²) in [6.45, 7) is 0.279. The zero-order valence-electron chi connectivity index (χ0n) is 12.8. The number of hydrogen-bond acceptors (Lipinski definition) is 3. The summed E-state index contributed by atoms with van der Waals surface area (Å²) in [4.78, 5) is 26.2. The molecule has 3 rings (SSSR count). The predicted molar refractivity (Wildman–Crippen MR) is 93.9 cm³/mol. The Bertz CT molecular complexity index is 792. The fourth-order valence-electron chi connectivity index (χ4n) is 2.73. The van der Waals surface area contributed by atoms with Crippen molar-refractivity contribution in [2.24, 2.45) is 0 Å². The summed E-state index contributed by atoms with van der Waals surface area (Å²) in [5.41, 5.74) is 2.16. The van der Waals surface area contributed by atoms with Gasteiger partial charge in [-0.25, -0.2) is 4.79 Å². The summed E-state index contributed by atoms with van der Waals surface area (Å²) in [7, 11) is 0. The Morgan fingerprint density at radius 1 is 1.12 bits per heavy atom. The van der Waals surface area contributed by atoms with Gasteiger partial charge in [0.05, 0.1) is 10.6 Å². The van der Waals surface area contributed by atoms with Gasteiger partial charge in [0, 0.05) is 17.3 Å². The Kier molecular flexibility index (Phi) is 5.07. The number of fused-ring (bicyclic) bond motifs is 1. The maximum Gasteiger partial charge on any atom is 0.340 e. The number of aryl methyl sites for hydroxylation is 1. The number of ether oxygens (including phenoxy) is 1. The van der Waals surface area contributed by atoms with Crippen LogP contribution in [0.3, 0.4) is 0 Å². The van der Waals surface area contributed by atoms with Crippen molar-refractivity contribution in [2.45, 2.75) is 12.8 Å². The summed E-state index contributed by atoms with van der Waals surface area (Å²) in [5.74, 6) is -0.921. The third-order valence-corrected chi connectivity index (χ3v) is 4.45. The highest BCUT2D eigenvalue weighted by molar-refractivity contribution is 6.35. The smallest absolute Gasteiger partial charge is 0.340 e. The van der Waals surface area contributed by atoms with Crippen molar-refractivity contribution in [3.63, 3.8) is 0 Å². The second-order valence-corrected chi connectivity index (χ2v) is 6.32. The molecule has 24 heavy (non-hydrogen) atoms. The first kappa shape index (κ1) is 16.8. The van der Waals surface area contributed by atoms with Gasteiger partial charge < -0.3 is 9.64 Å².